The molecule has 0 radical (unpaired) electrons. The largest absolute Gasteiger partial charge is 0.481 e. The van der Waals surface area contributed by atoms with E-state index in [4.69, 9.17) is 76.6 Å². The zero-order valence-corrected chi connectivity index (χ0v) is 28.9. The minimum absolute atomic E-state index is 0.327. The topological polar surface area (TPSA) is 355 Å². The number of unbranched alkanes of at least 4 members (excludes halogenated alkanes) is 6. The van der Waals surface area contributed by atoms with E-state index in [0.717, 1.165) is 57.8 Å². The molecule has 0 saturated carbocycles. The molecule has 18 nitrogen and oxygen atoms in total. The summed E-state index contributed by atoms with van der Waals surface area (Å²) < 4.78 is 0. The van der Waals surface area contributed by atoms with Crippen LogP contribution >= 0.6 is 0 Å². The van der Waals surface area contributed by atoms with Crippen molar-refractivity contribution in [3.05, 3.63) is 0 Å². The first-order valence-corrected chi connectivity index (χ1v) is 15.8. The van der Waals surface area contributed by atoms with Crippen molar-refractivity contribution in [2.24, 2.45) is 0 Å². The Labute approximate surface area is 284 Å². The molecule has 15 N–H and O–H groups in total. The third-order valence-corrected chi connectivity index (χ3v) is 4.67. The predicted molar refractivity (Wildman–Crippen MR) is 176 cm³/mol. The van der Waals surface area contributed by atoms with Gasteiger partial charge in [0.1, 0.15) is 24.4 Å². The quantitative estimate of drug-likeness (QED) is 0.0623. The van der Waals surface area contributed by atoms with Crippen molar-refractivity contribution >= 4 is 17.9 Å². The van der Waals surface area contributed by atoms with Crippen LogP contribution in [0.25, 0.3) is 0 Å². The second-order valence-corrected chi connectivity index (χ2v) is 9.63. The number of aliphatic carboxylic acids is 3. The van der Waals surface area contributed by atoms with Crippen molar-refractivity contribution in [3.8, 4) is 0 Å². The Morgan fingerprint density at radius 2 is 0.500 bits per heavy atom. The van der Waals surface area contributed by atoms with E-state index in [-0.39, 0.29) is 52.9 Å². The summed E-state index contributed by atoms with van der Waals surface area (Å²) in [4.78, 5) is 29.6. The lowest BCUT2D eigenvalue weighted by molar-refractivity contribution is -0.138. The number of hydrogen-bond donors (Lipinski definition) is 15. The number of carboxylic acids is 3. The van der Waals surface area contributed by atoms with Gasteiger partial charge in [-0.15, -0.1) is 0 Å². The summed E-state index contributed by atoms with van der Waals surface area (Å²) in [7, 11) is 0. The first-order chi connectivity index (χ1) is 22.5. The first kappa shape index (κ1) is 61.2. The maximum atomic E-state index is 9.87. The van der Waals surface area contributed by atoms with Gasteiger partial charge in [0.2, 0.25) is 0 Å². The number of hydrogen-bond acceptors (Lipinski definition) is 15. The molecule has 0 aliphatic rings. The highest BCUT2D eigenvalue weighted by atomic mass is 16.4. The molecule has 0 aliphatic carbocycles. The number of aliphatic hydroxyl groups is 12. The normalized spacial score (nSPS) is 9.56. The summed E-state index contributed by atoms with van der Waals surface area (Å²) in [6.07, 6.45) is 6.02. The Balaban J connectivity index is -0.0000000821. The lowest BCUT2D eigenvalue weighted by atomic mass is 10.2. The highest BCUT2D eigenvalue weighted by Crippen LogP contribution is 1.98. The molecule has 0 rings (SSSR count). The molecule has 0 aromatic rings. The van der Waals surface area contributed by atoms with Crippen LogP contribution in [-0.2, 0) is 14.4 Å². The molecular formula is C30H68O18. The van der Waals surface area contributed by atoms with Crippen molar-refractivity contribution in [2.45, 2.75) is 122 Å². The molecule has 0 aliphatic heterocycles. The zero-order chi connectivity index (χ0) is 39.2. The van der Waals surface area contributed by atoms with Gasteiger partial charge in [0.05, 0.1) is 52.9 Å². The molecule has 0 fully saturated rings. The fourth-order valence-corrected chi connectivity index (χ4v) is 1.81. The lowest BCUT2D eigenvalue weighted by Crippen LogP contribution is -2.15. The van der Waals surface area contributed by atoms with E-state index in [0.29, 0.717) is 19.3 Å². The van der Waals surface area contributed by atoms with Gasteiger partial charge in [-0.1, -0.05) is 59.3 Å². The summed E-state index contributed by atoms with van der Waals surface area (Å²) in [5, 5.41) is 120. The Morgan fingerprint density at radius 1 is 0.354 bits per heavy atom. The molecule has 0 saturated heterocycles. The monoisotopic (exact) mass is 716 g/mol. The van der Waals surface area contributed by atoms with E-state index >= 15 is 0 Å². The van der Waals surface area contributed by atoms with Gasteiger partial charge in [-0.2, -0.15) is 0 Å². The van der Waals surface area contributed by atoms with Gasteiger partial charge in [-0.05, 0) is 19.3 Å². The number of rotatable bonds is 20. The molecule has 0 heterocycles. The van der Waals surface area contributed by atoms with Gasteiger partial charge in [-0.3, -0.25) is 14.4 Å². The lowest BCUT2D eigenvalue weighted by Gasteiger charge is -1.96. The second-order valence-electron chi connectivity index (χ2n) is 9.63. The van der Waals surface area contributed by atoms with Crippen LogP contribution in [0.4, 0.5) is 0 Å². The standard InChI is InChI=1S/3C6H12O2.4C3H8O3/c3*1-2-3-4-5-6(7)8;4*4-1-3(6)2-5/h3*2-5H2,1H3,(H,7,8);4*3-6H,1-2H2. The highest BCUT2D eigenvalue weighted by Gasteiger charge is 1.96. The third-order valence-electron chi connectivity index (χ3n) is 4.67. The highest BCUT2D eigenvalue weighted by molar-refractivity contribution is 5.67. The second kappa shape index (κ2) is 57.2. The Kier molecular flexibility index (Phi) is 72.9. The van der Waals surface area contributed by atoms with Crippen molar-refractivity contribution in [1.82, 2.24) is 0 Å². The van der Waals surface area contributed by atoms with Gasteiger partial charge in [0.25, 0.3) is 0 Å². The minimum Gasteiger partial charge on any atom is -0.481 e. The number of carboxylic acid groups (broad SMARTS) is 3. The molecule has 0 aromatic heterocycles. The number of carbonyl (C=O) groups is 3. The Bertz CT molecular complexity index is 495. The maximum Gasteiger partial charge on any atom is 0.303 e. The zero-order valence-electron chi connectivity index (χ0n) is 28.9. The van der Waals surface area contributed by atoms with Crippen molar-refractivity contribution < 1.29 is 91.0 Å². The molecule has 0 atom stereocenters. The summed E-state index contributed by atoms with van der Waals surface area (Å²) in [5.74, 6) is -2.05. The van der Waals surface area contributed by atoms with E-state index in [9.17, 15) is 14.4 Å². The molecule has 0 spiro atoms. The molecule has 0 bridgehead atoms. The summed E-state index contributed by atoms with van der Waals surface area (Å²) in [6, 6.07) is 0. The van der Waals surface area contributed by atoms with Crippen LogP contribution < -0.4 is 0 Å². The van der Waals surface area contributed by atoms with E-state index < -0.39 is 42.3 Å². The van der Waals surface area contributed by atoms with Crippen LogP contribution in [-0.4, -0.2) is 172 Å². The molecule has 0 unspecified atom stereocenters. The van der Waals surface area contributed by atoms with E-state index in [2.05, 4.69) is 20.8 Å². The van der Waals surface area contributed by atoms with Crippen LogP contribution in [0.1, 0.15) is 97.8 Å². The fraction of sp³-hybridized carbons (Fsp3) is 0.900. The average molecular weight is 717 g/mol. The van der Waals surface area contributed by atoms with Crippen molar-refractivity contribution in [3.63, 3.8) is 0 Å². The van der Waals surface area contributed by atoms with Crippen LogP contribution in [0.2, 0.25) is 0 Å². The average Bonchev–Trinajstić information content (AvgIpc) is 3.08. The predicted octanol–water partition coefficient (Wildman–Crippen LogP) is -1.72. The SMILES string of the molecule is CCCCCC(=O)O.CCCCCC(=O)O.CCCCCC(=O)O.OCC(O)CO.OCC(O)CO.OCC(O)CO.OCC(O)CO. The van der Waals surface area contributed by atoms with Crippen LogP contribution in [0, 0.1) is 0 Å². The number of aliphatic hydroxyl groups excluding tert-OH is 12. The Hall–Kier alpha value is -2.07. The van der Waals surface area contributed by atoms with E-state index in [1.54, 1.807) is 0 Å². The van der Waals surface area contributed by atoms with Crippen LogP contribution in [0.15, 0.2) is 0 Å². The van der Waals surface area contributed by atoms with Crippen LogP contribution in [0.5, 0.6) is 0 Å². The minimum atomic E-state index is -0.954. The van der Waals surface area contributed by atoms with Crippen molar-refractivity contribution in [1.29, 1.82) is 0 Å². The van der Waals surface area contributed by atoms with Crippen molar-refractivity contribution in [2.75, 3.05) is 52.9 Å². The van der Waals surface area contributed by atoms with E-state index in [1.807, 2.05) is 0 Å². The van der Waals surface area contributed by atoms with Gasteiger partial charge in [-0.25, -0.2) is 0 Å². The van der Waals surface area contributed by atoms with Gasteiger partial charge in [0.15, 0.2) is 0 Å². The van der Waals surface area contributed by atoms with Gasteiger partial charge >= 0.3 is 17.9 Å². The van der Waals surface area contributed by atoms with Gasteiger partial charge < -0.3 is 76.6 Å². The molecule has 48 heavy (non-hydrogen) atoms. The molecular weight excluding hydrogens is 648 g/mol. The summed E-state index contributed by atoms with van der Waals surface area (Å²) >= 11 is 0. The maximum absolute atomic E-state index is 9.87. The molecule has 296 valence electrons. The summed E-state index contributed by atoms with van der Waals surface area (Å²) in [6.45, 7) is 3.26. The molecule has 0 amide bonds. The third kappa shape index (κ3) is 96.7. The smallest absolute Gasteiger partial charge is 0.303 e. The Morgan fingerprint density at radius 3 is 0.562 bits per heavy atom. The first-order valence-electron chi connectivity index (χ1n) is 15.8. The molecule has 18 heteroatoms. The molecule has 0 aromatic carbocycles. The van der Waals surface area contributed by atoms with E-state index in [1.165, 1.54) is 0 Å². The van der Waals surface area contributed by atoms with Crippen LogP contribution in [0.3, 0.4) is 0 Å². The van der Waals surface area contributed by atoms with Gasteiger partial charge in [0, 0.05) is 19.3 Å². The summed E-state index contributed by atoms with van der Waals surface area (Å²) in [5.41, 5.74) is 0. The fourth-order valence-electron chi connectivity index (χ4n) is 1.81.